The highest BCUT2D eigenvalue weighted by Gasteiger charge is 2.24. The van der Waals surface area contributed by atoms with Gasteiger partial charge >= 0.3 is 5.97 Å². The summed E-state index contributed by atoms with van der Waals surface area (Å²) >= 11 is 1.83. The first-order chi connectivity index (χ1) is 8.32. The maximum atomic E-state index is 12.9. The van der Waals surface area contributed by atoms with Crippen LogP contribution in [0.3, 0.4) is 0 Å². The Morgan fingerprint density at radius 1 is 1.39 bits per heavy atom. The summed E-state index contributed by atoms with van der Waals surface area (Å²) in [7, 11) is 0. The number of hydrogen-bond donors (Lipinski definition) is 2. The number of carboxylic acids is 1. The molecule has 0 fully saturated rings. The number of carbonyl (C=O) groups is 2. The summed E-state index contributed by atoms with van der Waals surface area (Å²) in [4.78, 5) is 22.9. The molecule has 0 radical (unpaired) electrons. The van der Waals surface area contributed by atoms with E-state index in [-0.39, 0.29) is 11.5 Å². The van der Waals surface area contributed by atoms with Gasteiger partial charge in [0, 0.05) is 3.57 Å². The van der Waals surface area contributed by atoms with E-state index >= 15 is 0 Å². The first-order valence-corrected chi connectivity index (χ1v) is 6.39. The van der Waals surface area contributed by atoms with Gasteiger partial charge in [-0.2, -0.15) is 0 Å². The molecule has 1 aromatic rings. The van der Waals surface area contributed by atoms with Gasteiger partial charge in [0.05, 0.1) is 5.56 Å². The molecule has 0 aliphatic rings. The third-order valence-electron chi connectivity index (χ3n) is 2.40. The standard InChI is InChI=1S/C12H13FINO3/c1-6(2)10(12(17)18)15-11(16)8-4-3-7(13)5-9(8)14/h3-6,10H,1-2H3,(H,15,16)(H,17,18)/t10-/m1/s1. The molecule has 4 nitrogen and oxygen atoms in total. The number of hydrogen-bond acceptors (Lipinski definition) is 2. The predicted molar refractivity (Wildman–Crippen MR) is 72.8 cm³/mol. The summed E-state index contributed by atoms with van der Waals surface area (Å²) in [5.41, 5.74) is 0.268. The molecule has 1 amide bonds. The van der Waals surface area contributed by atoms with Crippen LogP contribution in [-0.4, -0.2) is 23.0 Å². The van der Waals surface area contributed by atoms with E-state index in [1.165, 1.54) is 18.2 Å². The van der Waals surface area contributed by atoms with Gasteiger partial charge in [0.25, 0.3) is 5.91 Å². The molecule has 0 saturated carbocycles. The first kappa shape index (κ1) is 14.9. The molecule has 98 valence electrons. The molecule has 0 spiro atoms. The fraction of sp³-hybridized carbons (Fsp3) is 0.333. The predicted octanol–water partition coefficient (Wildman–Crippen LogP) is 2.27. The lowest BCUT2D eigenvalue weighted by Crippen LogP contribution is -2.44. The summed E-state index contributed by atoms with van der Waals surface area (Å²) in [6.07, 6.45) is 0. The Hall–Kier alpha value is -1.18. The summed E-state index contributed by atoms with van der Waals surface area (Å²) in [6, 6.07) is 2.77. The lowest BCUT2D eigenvalue weighted by atomic mass is 10.0. The molecule has 1 aromatic carbocycles. The van der Waals surface area contributed by atoms with Crippen molar-refractivity contribution in [1.29, 1.82) is 0 Å². The van der Waals surface area contributed by atoms with Crippen LogP contribution >= 0.6 is 22.6 Å². The highest BCUT2D eigenvalue weighted by molar-refractivity contribution is 14.1. The lowest BCUT2D eigenvalue weighted by Gasteiger charge is -2.18. The number of halogens is 2. The normalized spacial score (nSPS) is 12.3. The Morgan fingerprint density at radius 3 is 2.44 bits per heavy atom. The second-order valence-corrected chi connectivity index (χ2v) is 5.32. The van der Waals surface area contributed by atoms with Gasteiger partial charge in [0.15, 0.2) is 0 Å². The number of benzene rings is 1. The van der Waals surface area contributed by atoms with Crippen molar-refractivity contribution in [3.63, 3.8) is 0 Å². The molecular weight excluding hydrogens is 352 g/mol. The highest BCUT2D eigenvalue weighted by atomic mass is 127. The van der Waals surface area contributed by atoms with Crippen LogP contribution in [0.2, 0.25) is 0 Å². The van der Waals surface area contributed by atoms with E-state index in [1.807, 2.05) is 22.6 Å². The van der Waals surface area contributed by atoms with Gasteiger partial charge in [-0.3, -0.25) is 4.79 Å². The van der Waals surface area contributed by atoms with E-state index in [0.717, 1.165) is 0 Å². The minimum Gasteiger partial charge on any atom is -0.480 e. The van der Waals surface area contributed by atoms with E-state index < -0.39 is 23.7 Å². The highest BCUT2D eigenvalue weighted by Crippen LogP contribution is 2.14. The van der Waals surface area contributed by atoms with E-state index in [4.69, 9.17) is 5.11 Å². The smallest absolute Gasteiger partial charge is 0.326 e. The van der Waals surface area contributed by atoms with Gasteiger partial charge in [-0.25, -0.2) is 9.18 Å². The average Bonchev–Trinajstić information content (AvgIpc) is 2.24. The summed E-state index contributed by atoms with van der Waals surface area (Å²) in [6.45, 7) is 3.41. The van der Waals surface area contributed by atoms with Crippen molar-refractivity contribution in [1.82, 2.24) is 5.32 Å². The SMILES string of the molecule is CC(C)[C@@H](NC(=O)c1ccc(F)cc1I)C(=O)O. The van der Waals surface area contributed by atoms with Crippen LogP contribution in [0.4, 0.5) is 4.39 Å². The molecule has 0 bridgehead atoms. The van der Waals surface area contributed by atoms with Crippen LogP contribution in [0.15, 0.2) is 18.2 Å². The number of amides is 1. The van der Waals surface area contributed by atoms with Crippen molar-refractivity contribution >= 4 is 34.5 Å². The van der Waals surface area contributed by atoms with E-state index in [1.54, 1.807) is 13.8 Å². The second-order valence-electron chi connectivity index (χ2n) is 4.16. The molecule has 0 aliphatic carbocycles. The van der Waals surface area contributed by atoms with Gasteiger partial charge in [0.1, 0.15) is 11.9 Å². The van der Waals surface area contributed by atoms with Crippen molar-refractivity contribution in [3.8, 4) is 0 Å². The van der Waals surface area contributed by atoms with Crippen molar-refractivity contribution in [3.05, 3.63) is 33.1 Å². The van der Waals surface area contributed by atoms with Crippen molar-refractivity contribution in [2.45, 2.75) is 19.9 Å². The van der Waals surface area contributed by atoms with Gasteiger partial charge in [-0.1, -0.05) is 13.8 Å². The molecule has 0 unspecified atom stereocenters. The largest absolute Gasteiger partial charge is 0.480 e. The number of nitrogens with one attached hydrogen (secondary N) is 1. The third-order valence-corrected chi connectivity index (χ3v) is 3.29. The van der Waals surface area contributed by atoms with Gasteiger partial charge in [-0.15, -0.1) is 0 Å². The Kier molecular flexibility index (Phi) is 5.06. The molecule has 0 aliphatic heterocycles. The average molecular weight is 365 g/mol. The van der Waals surface area contributed by atoms with Crippen LogP contribution in [0.5, 0.6) is 0 Å². The molecule has 0 heterocycles. The molecule has 2 N–H and O–H groups in total. The van der Waals surface area contributed by atoms with Gasteiger partial charge in [0.2, 0.25) is 0 Å². The topological polar surface area (TPSA) is 66.4 Å². The van der Waals surface area contributed by atoms with Crippen molar-refractivity contribution in [2.75, 3.05) is 0 Å². The molecule has 1 rings (SSSR count). The summed E-state index contributed by atoms with van der Waals surface area (Å²) in [5.74, 6) is -2.27. The van der Waals surface area contributed by atoms with Crippen LogP contribution in [-0.2, 0) is 4.79 Å². The Balaban J connectivity index is 2.91. The van der Waals surface area contributed by atoms with Gasteiger partial charge in [-0.05, 0) is 46.7 Å². The molecule has 1 atom stereocenters. The minimum absolute atomic E-state index is 0.232. The van der Waals surface area contributed by atoms with Crippen LogP contribution in [0, 0.1) is 15.3 Å². The van der Waals surface area contributed by atoms with Crippen LogP contribution in [0.25, 0.3) is 0 Å². The summed E-state index contributed by atoms with van der Waals surface area (Å²) < 4.78 is 13.3. The first-order valence-electron chi connectivity index (χ1n) is 5.31. The van der Waals surface area contributed by atoms with Crippen molar-refractivity contribution in [2.24, 2.45) is 5.92 Å². The zero-order valence-corrected chi connectivity index (χ0v) is 12.1. The monoisotopic (exact) mass is 365 g/mol. The van der Waals surface area contributed by atoms with Crippen LogP contribution < -0.4 is 5.32 Å². The van der Waals surface area contributed by atoms with Crippen molar-refractivity contribution < 1.29 is 19.1 Å². The molecule has 0 saturated heterocycles. The Labute approximate surface area is 118 Å². The van der Waals surface area contributed by atoms with Gasteiger partial charge < -0.3 is 10.4 Å². The minimum atomic E-state index is -1.09. The molecule has 0 aromatic heterocycles. The second kappa shape index (κ2) is 6.12. The molecule has 18 heavy (non-hydrogen) atoms. The van der Waals surface area contributed by atoms with Crippen LogP contribution in [0.1, 0.15) is 24.2 Å². The number of carboxylic acid groups (broad SMARTS) is 1. The Morgan fingerprint density at radius 2 is 2.00 bits per heavy atom. The number of carbonyl (C=O) groups excluding carboxylic acids is 1. The fourth-order valence-corrected chi connectivity index (χ4v) is 2.13. The maximum Gasteiger partial charge on any atom is 0.326 e. The number of aliphatic carboxylic acids is 1. The molecular formula is C12H13FINO3. The summed E-state index contributed by atoms with van der Waals surface area (Å²) in [5, 5.41) is 11.4. The maximum absolute atomic E-state index is 12.9. The molecule has 6 heteroatoms. The van der Waals surface area contributed by atoms with E-state index in [0.29, 0.717) is 3.57 Å². The van der Waals surface area contributed by atoms with E-state index in [9.17, 15) is 14.0 Å². The zero-order chi connectivity index (χ0) is 13.9. The third kappa shape index (κ3) is 3.66. The lowest BCUT2D eigenvalue weighted by molar-refractivity contribution is -0.140. The fourth-order valence-electron chi connectivity index (χ4n) is 1.41. The zero-order valence-electron chi connectivity index (χ0n) is 9.91. The Bertz CT molecular complexity index is 476. The quantitative estimate of drug-likeness (QED) is 0.805. The van der Waals surface area contributed by atoms with E-state index in [2.05, 4.69) is 5.32 Å². The number of rotatable bonds is 4.